The molecule has 5 heteroatoms. The Balaban J connectivity index is 2.07. The van der Waals surface area contributed by atoms with Crippen LogP contribution in [-0.2, 0) is 0 Å². The van der Waals surface area contributed by atoms with Gasteiger partial charge in [-0.2, -0.15) is 5.26 Å². The fourth-order valence-electron chi connectivity index (χ4n) is 1.86. The lowest BCUT2D eigenvalue weighted by Crippen LogP contribution is -2.47. The molecule has 2 aromatic rings. The van der Waals surface area contributed by atoms with Crippen LogP contribution in [0.1, 0.15) is 20.8 Å². The second-order valence-corrected chi connectivity index (χ2v) is 5.91. The summed E-state index contributed by atoms with van der Waals surface area (Å²) < 4.78 is 5.63. The molecule has 19 heavy (non-hydrogen) atoms. The average Bonchev–Trinajstić information content (AvgIpc) is 2.78. The molecular weight excluding hydrogens is 258 g/mol. The highest BCUT2D eigenvalue weighted by Crippen LogP contribution is 2.26. The molecule has 1 aromatic carbocycles. The summed E-state index contributed by atoms with van der Waals surface area (Å²) in [5, 5.41) is 13.1. The maximum atomic E-state index is 9.28. The number of rotatable bonds is 5. The predicted octanol–water partition coefficient (Wildman–Crippen LogP) is 3.20. The fourth-order valence-corrected chi connectivity index (χ4v) is 2.73. The Bertz CT molecular complexity index is 569. The maximum Gasteiger partial charge on any atom is 0.256 e. The molecule has 1 unspecified atom stereocenters. The minimum atomic E-state index is -0.584. The van der Waals surface area contributed by atoms with Gasteiger partial charge in [0.25, 0.3) is 5.22 Å². The SMILES string of the molecule is CC(C)NC(C)(C#N)CSc1nc2ccccc2o1. The van der Waals surface area contributed by atoms with Crippen molar-refractivity contribution >= 4 is 22.9 Å². The van der Waals surface area contributed by atoms with Crippen molar-refractivity contribution in [3.63, 3.8) is 0 Å². The van der Waals surface area contributed by atoms with E-state index in [1.807, 2.05) is 45.0 Å². The highest BCUT2D eigenvalue weighted by molar-refractivity contribution is 7.99. The minimum Gasteiger partial charge on any atom is -0.431 e. The van der Waals surface area contributed by atoms with E-state index in [-0.39, 0.29) is 6.04 Å². The molecule has 0 bridgehead atoms. The van der Waals surface area contributed by atoms with E-state index in [2.05, 4.69) is 16.4 Å². The fraction of sp³-hybridized carbons (Fsp3) is 0.429. The van der Waals surface area contributed by atoms with Crippen molar-refractivity contribution in [3.8, 4) is 6.07 Å². The molecule has 1 N–H and O–H groups in total. The molecule has 0 aliphatic rings. The highest BCUT2D eigenvalue weighted by Gasteiger charge is 2.25. The second kappa shape index (κ2) is 5.64. The minimum absolute atomic E-state index is 0.258. The van der Waals surface area contributed by atoms with Gasteiger partial charge in [0.05, 0.1) is 6.07 Å². The average molecular weight is 275 g/mol. The Labute approximate surface area is 117 Å². The molecule has 0 fully saturated rings. The number of thioether (sulfide) groups is 1. The summed E-state index contributed by atoms with van der Waals surface area (Å²) in [6, 6.07) is 10.2. The van der Waals surface area contributed by atoms with Crippen molar-refractivity contribution in [1.82, 2.24) is 10.3 Å². The van der Waals surface area contributed by atoms with Gasteiger partial charge in [-0.05, 0) is 32.9 Å². The highest BCUT2D eigenvalue weighted by atomic mass is 32.2. The third-order valence-corrected chi connectivity index (χ3v) is 3.76. The summed E-state index contributed by atoms with van der Waals surface area (Å²) in [6.07, 6.45) is 0. The third kappa shape index (κ3) is 3.49. The molecule has 2 rings (SSSR count). The number of aromatic nitrogens is 1. The summed E-state index contributed by atoms with van der Waals surface area (Å²) in [7, 11) is 0. The van der Waals surface area contributed by atoms with E-state index in [4.69, 9.17) is 4.42 Å². The first-order chi connectivity index (χ1) is 9.02. The largest absolute Gasteiger partial charge is 0.431 e. The van der Waals surface area contributed by atoms with Crippen LogP contribution in [0.3, 0.4) is 0 Å². The van der Waals surface area contributed by atoms with Crippen LogP contribution in [0.2, 0.25) is 0 Å². The van der Waals surface area contributed by atoms with Gasteiger partial charge in [-0.3, -0.25) is 5.32 Å². The summed E-state index contributed by atoms with van der Waals surface area (Å²) in [5.74, 6) is 0.592. The number of hydrogen-bond donors (Lipinski definition) is 1. The molecule has 0 spiro atoms. The molecule has 0 saturated carbocycles. The number of nitrogens with one attached hydrogen (secondary N) is 1. The third-order valence-electron chi connectivity index (χ3n) is 2.61. The van der Waals surface area contributed by atoms with E-state index >= 15 is 0 Å². The maximum absolute atomic E-state index is 9.28. The molecular formula is C14H17N3OS. The predicted molar refractivity (Wildman–Crippen MR) is 77.0 cm³/mol. The zero-order chi connectivity index (χ0) is 13.9. The normalized spacial score (nSPS) is 14.5. The van der Waals surface area contributed by atoms with Gasteiger partial charge in [-0.25, -0.2) is 4.98 Å². The Hall–Kier alpha value is -1.51. The van der Waals surface area contributed by atoms with Crippen LogP contribution in [0, 0.1) is 11.3 Å². The van der Waals surface area contributed by atoms with Crippen molar-refractivity contribution < 1.29 is 4.42 Å². The Morgan fingerprint density at radius 2 is 2.21 bits per heavy atom. The molecule has 100 valence electrons. The second-order valence-electron chi connectivity index (χ2n) is 4.98. The zero-order valence-electron chi connectivity index (χ0n) is 11.3. The lowest BCUT2D eigenvalue weighted by Gasteiger charge is -2.24. The number of benzene rings is 1. The van der Waals surface area contributed by atoms with Gasteiger partial charge in [0.2, 0.25) is 0 Å². The van der Waals surface area contributed by atoms with Crippen LogP contribution in [0.15, 0.2) is 33.9 Å². The first kappa shape index (κ1) is 13.9. The van der Waals surface area contributed by atoms with Crippen LogP contribution < -0.4 is 5.32 Å². The van der Waals surface area contributed by atoms with Crippen molar-refractivity contribution in [1.29, 1.82) is 5.26 Å². The molecule has 1 aromatic heterocycles. The molecule has 1 heterocycles. The molecule has 0 aliphatic heterocycles. The Kier molecular flexibility index (Phi) is 4.13. The van der Waals surface area contributed by atoms with Crippen molar-refractivity contribution in [3.05, 3.63) is 24.3 Å². The van der Waals surface area contributed by atoms with Gasteiger partial charge in [0, 0.05) is 11.8 Å². The quantitative estimate of drug-likeness (QED) is 0.849. The van der Waals surface area contributed by atoms with Gasteiger partial charge in [-0.1, -0.05) is 23.9 Å². The van der Waals surface area contributed by atoms with Crippen molar-refractivity contribution in [2.45, 2.75) is 37.6 Å². The van der Waals surface area contributed by atoms with E-state index in [0.717, 1.165) is 11.1 Å². The number of hydrogen-bond acceptors (Lipinski definition) is 5. The first-order valence-corrected chi connectivity index (χ1v) is 7.18. The topological polar surface area (TPSA) is 61.9 Å². The van der Waals surface area contributed by atoms with E-state index in [1.165, 1.54) is 11.8 Å². The Morgan fingerprint density at radius 1 is 1.47 bits per heavy atom. The first-order valence-electron chi connectivity index (χ1n) is 6.20. The van der Waals surface area contributed by atoms with Gasteiger partial charge in [-0.15, -0.1) is 0 Å². The molecule has 0 radical (unpaired) electrons. The molecule has 0 amide bonds. The molecule has 1 atom stereocenters. The smallest absolute Gasteiger partial charge is 0.256 e. The van der Waals surface area contributed by atoms with Crippen LogP contribution in [-0.4, -0.2) is 22.3 Å². The standard InChI is InChI=1S/C14H17N3OS/c1-10(2)17-14(3,8-15)9-19-13-16-11-6-4-5-7-12(11)18-13/h4-7,10,17H,9H2,1-3H3. The number of nitriles is 1. The lowest BCUT2D eigenvalue weighted by molar-refractivity contribution is 0.439. The van der Waals surface area contributed by atoms with Crippen LogP contribution in [0.5, 0.6) is 0 Å². The van der Waals surface area contributed by atoms with E-state index in [0.29, 0.717) is 11.0 Å². The number of fused-ring (bicyclic) bond motifs is 1. The van der Waals surface area contributed by atoms with Gasteiger partial charge in [0.15, 0.2) is 5.58 Å². The lowest BCUT2D eigenvalue weighted by atomic mass is 10.1. The van der Waals surface area contributed by atoms with Gasteiger partial charge < -0.3 is 4.42 Å². The van der Waals surface area contributed by atoms with E-state index in [1.54, 1.807) is 0 Å². The van der Waals surface area contributed by atoms with Crippen molar-refractivity contribution in [2.24, 2.45) is 0 Å². The molecule has 4 nitrogen and oxygen atoms in total. The summed E-state index contributed by atoms with van der Waals surface area (Å²) >= 11 is 1.46. The summed E-state index contributed by atoms with van der Waals surface area (Å²) in [4.78, 5) is 4.39. The van der Waals surface area contributed by atoms with Crippen LogP contribution >= 0.6 is 11.8 Å². The number of nitrogens with zero attached hydrogens (tertiary/aromatic N) is 2. The van der Waals surface area contributed by atoms with Crippen LogP contribution in [0.4, 0.5) is 0 Å². The monoisotopic (exact) mass is 275 g/mol. The van der Waals surface area contributed by atoms with E-state index < -0.39 is 5.54 Å². The Morgan fingerprint density at radius 3 is 2.84 bits per heavy atom. The van der Waals surface area contributed by atoms with Crippen molar-refractivity contribution in [2.75, 3.05) is 5.75 Å². The number of oxazole rings is 1. The zero-order valence-corrected chi connectivity index (χ0v) is 12.1. The van der Waals surface area contributed by atoms with Gasteiger partial charge >= 0.3 is 0 Å². The molecule has 0 aliphatic carbocycles. The molecule has 0 saturated heterocycles. The summed E-state index contributed by atoms with van der Waals surface area (Å²) in [6.45, 7) is 5.95. The number of para-hydroxylation sites is 2. The summed E-state index contributed by atoms with van der Waals surface area (Å²) in [5.41, 5.74) is 1.04. The van der Waals surface area contributed by atoms with Gasteiger partial charge in [0.1, 0.15) is 11.1 Å². The van der Waals surface area contributed by atoms with Crippen LogP contribution in [0.25, 0.3) is 11.1 Å². The van der Waals surface area contributed by atoms with E-state index in [9.17, 15) is 5.26 Å².